The van der Waals surface area contributed by atoms with Crippen LogP contribution in [0.3, 0.4) is 0 Å². The van der Waals surface area contributed by atoms with E-state index in [1.54, 1.807) is 0 Å². The molecule has 138 valence electrons. The van der Waals surface area contributed by atoms with E-state index in [0.717, 1.165) is 48.0 Å². The summed E-state index contributed by atoms with van der Waals surface area (Å²) in [5.74, 6) is -1.10. The van der Waals surface area contributed by atoms with Gasteiger partial charge in [0.2, 0.25) is 0 Å². The monoisotopic (exact) mass is 360 g/mol. The molecular weight excluding hydrogens is 336 g/mol. The molecule has 1 aliphatic heterocycles. The van der Waals surface area contributed by atoms with Crippen molar-refractivity contribution >= 4 is 17.5 Å². The van der Waals surface area contributed by atoms with Gasteiger partial charge in [-0.25, -0.2) is 9.59 Å². The first kappa shape index (κ1) is 18.8. The molecule has 0 unspecified atom stereocenters. The third-order valence-electron chi connectivity index (χ3n) is 4.80. The molecule has 0 spiro atoms. The van der Waals surface area contributed by atoms with Crippen LogP contribution in [-0.2, 0) is 14.3 Å². The second-order valence-corrected chi connectivity index (χ2v) is 6.77. The van der Waals surface area contributed by atoms with Crippen LogP contribution in [0, 0.1) is 0 Å². The number of allylic oxidation sites excluding steroid dienone is 1. The zero-order valence-electron chi connectivity index (χ0n) is 15.8. The Hall–Kier alpha value is -2.94. The van der Waals surface area contributed by atoms with Gasteiger partial charge in [-0.2, -0.15) is 0 Å². The lowest BCUT2D eigenvalue weighted by Crippen LogP contribution is -2.03. The third kappa shape index (κ3) is 4.08. The Bertz CT molecular complexity index is 848. The number of esters is 2. The average Bonchev–Trinajstić information content (AvgIpc) is 2.98. The van der Waals surface area contributed by atoms with Gasteiger partial charge < -0.3 is 4.74 Å². The second-order valence-electron chi connectivity index (χ2n) is 6.77. The van der Waals surface area contributed by atoms with E-state index >= 15 is 0 Å². The standard InChI is InChI=1S/C24H24O3/c1-3-4-7-12-17(2)20-22(24(26)27-23(20)25)21(18-13-8-5-9-14-18)19-15-10-6-11-16-19/h5-6,8-11,13-16H,3-4,7,12H2,1-2H3. The second kappa shape index (κ2) is 8.63. The topological polar surface area (TPSA) is 43.4 Å². The summed E-state index contributed by atoms with van der Waals surface area (Å²) in [6, 6.07) is 19.4. The fourth-order valence-electron chi connectivity index (χ4n) is 3.44. The van der Waals surface area contributed by atoms with Crippen molar-refractivity contribution in [3.05, 3.63) is 88.5 Å². The van der Waals surface area contributed by atoms with Crippen molar-refractivity contribution in [1.82, 2.24) is 0 Å². The maximum Gasteiger partial charge on any atom is 0.347 e. The smallest absolute Gasteiger partial charge is 0.347 e. The van der Waals surface area contributed by atoms with Gasteiger partial charge in [0.15, 0.2) is 0 Å². The Labute approximate surface area is 160 Å². The SMILES string of the molecule is CCCCCC(C)=C1C(=O)OC(=O)C1=C(c1ccccc1)c1ccccc1. The van der Waals surface area contributed by atoms with Crippen LogP contribution in [0.5, 0.6) is 0 Å². The molecule has 0 bridgehead atoms. The number of hydrogen-bond acceptors (Lipinski definition) is 3. The van der Waals surface area contributed by atoms with Gasteiger partial charge in [0.25, 0.3) is 0 Å². The van der Waals surface area contributed by atoms with Crippen LogP contribution in [0.1, 0.15) is 50.7 Å². The van der Waals surface area contributed by atoms with Gasteiger partial charge in [-0.1, -0.05) is 86.0 Å². The van der Waals surface area contributed by atoms with Crippen molar-refractivity contribution in [2.24, 2.45) is 0 Å². The van der Waals surface area contributed by atoms with Crippen LogP contribution in [0.4, 0.5) is 0 Å². The summed E-state index contributed by atoms with van der Waals surface area (Å²) in [6.45, 7) is 4.07. The molecule has 3 nitrogen and oxygen atoms in total. The molecule has 2 aromatic carbocycles. The van der Waals surface area contributed by atoms with Crippen LogP contribution in [0.15, 0.2) is 77.4 Å². The highest BCUT2D eigenvalue weighted by atomic mass is 16.6. The van der Waals surface area contributed by atoms with Gasteiger partial charge in [-0.05, 0) is 30.9 Å². The lowest BCUT2D eigenvalue weighted by molar-refractivity contribution is -0.149. The van der Waals surface area contributed by atoms with E-state index < -0.39 is 11.9 Å². The molecule has 27 heavy (non-hydrogen) atoms. The van der Waals surface area contributed by atoms with Gasteiger partial charge >= 0.3 is 11.9 Å². The van der Waals surface area contributed by atoms with Gasteiger partial charge in [0.1, 0.15) is 0 Å². The largest absolute Gasteiger partial charge is 0.386 e. The molecule has 0 aromatic heterocycles. The van der Waals surface area contributed by atoms with Crippen LogP contribution in [0.2, 0.25) is 0 Å². The number of unbranched alkanes of at least 4 members (excludes halogenated alkanes) is 2. The van der Waals surface area contributed by atoms with Crippen molar-refractivity contribution in [2.75, 3.05) is 0 Å². The predicted octanol–water partition coefficient (Wildman–Crippen LogP) is 5.47. The lowest BCUT2D eigenvalue weighted by atomic mass is 9.88. The molecule has 1 saturated heterocycles. The predicted molar refractivity (Wildman–Crippen MR) is 107 cm³/mol. The summed E-state index contributed by atoms with van der Waals surface area (Å²) in [6.07, 6.45) is 3.98. The summed E-state index contributed by atoms with van der Waals surface area (Å²) in [5, 5.41) is 0. The molecule has 1 aliphatic rings. The summed E-state index contributed by atoms with van der Waals surface area (Å²) in [4.78, 5) is 25.2. The maximum atomic E-state index is 12.7. The Morgan fingerprint density at radius 1 is 0.778 bits per heavy atom. The molecule has 1 heterocycles. The number of carbonyl (C=O) groups is 2. The highest BCUT2D eigenvalue weighted by molar-refractivity contribution is 6.23. The molecule has 3 heteroatoms. The van der Waals surface area contributed by atoms with E-state index in [2.05, 4.69) is 6.92 Å². The van der Waals surface area contributed by atoms with Crippen LogP contribution >= 0.6 is 0 Å². The summed E-state index contributed by atoms with van der Waals surface area (Å²) in [5.41, 5.74) is 4.26. The number of ether oxygens (including phenoxy) is 1. The minimum absolute atomic E-state index is 0.381. The van der Waals surface area contributed by atoms with Gasteiger partial charge in [-0.15, -0.1) is 0 Å². The number of benzene rings is 2. The lowest BCUT2D eigenvalue weighted by Gasteiger charge is -2.12. The van der Waals surface area contributed by atoms with Crippen molar-refractivity contribution in [2.45, 2.75) is 39.5 Å². The number of carbonyl (C=O) groups excluding carboxylic acids is 2. The number of hydrogen-bond donors (Lipinski definition) is 0. The van der Waals surface area contributed by atoms with Gasteiger partial charge in [-0.3, -0.25) is 0 Å². The van der Waals surface area contributed by atoms with Gasteiger partial charge in [0.05, 0.1) is 11.1 Å². The first-order valence-electron chi connectivity index (χ1n) is 9.45. The van der Waals surface area contributed by atoms with E-state index in [9.17, 15) is 9.59 Å². The first-order chi connectivity index (χ1) is 13.1. The molecule has 0 radical (unpaired) electrons. The maximum absolute atomic E-state index is 12.7. The summed E-state index contributed by atoms with van der Waals surface area (Å²) < 4.78 is 5.04. The molecule has 0 atom stereocenters. The summed E-state index contributed by atoms with van der Waals surface area (Å²) in [7, 11) is 0. The molecule has 0 amide bonds. The van der Waals surface area contributed by atoms with Crippen LogP contribution < -0.4 is 0 Å². The van der Waals surface area contributed by atoms with Gasteiger partial charge in [0, 0.05) is 5.57 Å². The molecule has 2 aromatic rings. The Morgan fingerprint density at radius 2 is 1.30 bits per heavy atom. The molecule has 3 rings (SSSR count). The van der Waals surface area contributed by atoms with E-state index in [1.807, 2.05) is 67.6 Å². The number of cyclic esters (lactones) is 2. The number of rotatable bonds is 6. The first-order valence-corrected chi connectivity index (χ1v) is 9.45. The summed E-state index contributed by atoms with van der Waals surface area (Å²) >= 11 is 0. The van der Waals surface area contributed by atoms with Crippen molar-refractivity contribution in [3.63, 3.8) is 0 Å². The minimum Gasteiger partial charge on any atom is -0.386 e. The van der Waals surface area contributed by atoms with Crippen LogP contribution in [-0.4, -0.2) is 11.9 Å². The molecular formula is C24H24O3. The van der Waals surface area contributed by atoms with Crippen LogP contribution in [0.25, 0.3) is 5.57 Å². The van der Waals surface area contributed by atoms with E-state index in [1.165, 1.54) is 0 Å². The normalized spacial score (nSPS) is 15.7. The highest BCUT2D eigenvalue weighted by Crippen LogP contribution is 2.37. The fourth-order valence-corrected chi connectivity index (χ4v) is 3.44. The highest BCUT2D eigenvalue weighted by Gasteiger charge is 2.38. The molecule has 1 fully saturated rings. The Morgan fingerprint density at radius 3 is 1.81 bits per heavy atom. The van der Waals surface area contributed by atoms with E-state index in [4.69, 9.17) is 4.74 Å². The molecule has 0 N–H and O–H groups in total. The fraction of sp³-hybridized carbons (Fsp3) is 0.250. The Kier molecular flexibility index (Phi) is 6.02. The van der Waals surface area contributed by atoms with E-state index in [-0.39, 0.29) is 0 Å². The van der Waals surface area contributed by atoms with E-state index in [0.29, 0.717) is 11.1 Å². The zero-order chi connectivity index (χ0) is 19.2. The van der Waals surface area contributed by atoms with Crippen molar-refractivity contribution in [3.8, 4) is 0 Å². The van der Waals surface area contributed by atoms with Crippen molar-refractivity contribution in [1.29, 1.82) is 0 Å². The minimum atomic E-state index is -0.562. The molecule has 0 saturated carbocycles. The Balaban J connectivity index is 2.23. The molecule has 0 aliphatic carbocycles. The zero-order valence-corrected chi connectivity index (χ0v) is 15.8. The third-order valence-corrected chi connectivity index (χ3v) is 4.80. The quantitative estimate of drug-likeness (QED) is 0.297. The van der Waals surface area contributed by atoms with Crippen molar-refractivity contribution < 1.29 is 14.3 Å². The average molecular weight is 360 g/mol.